The van der Waals surface area contributed by atoms with E-state index in [1.807, 2.05) is 0 Å². The van der Waals surface area contributed by atoms with Crippen LogP contribution in [0.2, 0.25) is 0 Å². The van der Waals surface area contributed by atoms with E-state index in [-0.39, 0.29) is 17.0 Å². The van der Waals surface area contributed by atoms with Gasteiger partial charge in [-0.2, -0.15) is 0 Å². The minimum atomic E-state index is -0.311. The molecule has 0 atom stereocenters. The van der Waals surface area contributed by atoms with Crippen LogP contribution in [0, 0.1) is 11.8 Å². The molecule has 0 radical (unpaired) electrons. The van der Waals surface area contributed by atoms with Gasteiger partial charge in [-0.3, -0.25) is 4.79 Å². The molecule has 0 unspecified atom stereocenters. The fourth-order valence-corrected chi connectivity index (χ4v) is 3.02. The number of aromatic nitrogens is 2. The quantitative estimate of drug-likeness (QED) is 0.853. The van der Waals surface area contributed by atoms with Gasteiger partial charge in [0, 0.05) is 5.56 Å². The molecule has 0 bridgehead atoms. The Bertz CT molecular complexity index is 889. The zero-order valence-corrected chi connectivity index (χ0v) is 14.5. The zero-order valence-electron chi connectivity index (χ0n) is 14.5. The highest BCUT2D eigenvalue weighted by molar-refractivity contribution is 5.81. The lowest BCUT2D eigenvalue weighted by Gasteiger charge is -2.13. The molecule has 7 heteroatoms. The molecular formula is C18H20N2O5. The Kier molecular flexibility index (Phi) is 4.72. The first kappa shape index (κ1) is 17.0. The van der Waals surface area contributed by atoms with Crippen LogP contribution in [0.15, 0.2) is 16.9 Å². The van der Waals surface area contributed by atoms with E-state index in [2.05, 4.69) is 11.8 Å². The standard InChI is InChI=1S/C18H20N2O5/c1-4-5-12-10-13(23-2)15(14(11-12)24-3)16-17(21)19-6-8-25-9-7-20(19)18(16)22/h10-11,21H,6-9H2,1-3H3. The molecule has 132 valence electrons. The van der Waals surface area contributed by atoms with E-state index in [1.165, 1.54) is 23.6 Å². The number of nitrogens with zero attached hydrogens (tertiary/aromatic N) is 2. The van der Waals surface area contributed by atoms with Gasteiger partial charge in [0.2, 0.25) is 5.88 Å². The van der Waals surface area contributed by atoms with Gasteiger partial charge in [0.25, 0.3) is 5.56 Å². The number of aromatic hydroxyl groups is 1. The van der Waals surface area contributed by atoms with Crippen LogP contribution in [0.3, 0.4) is 0 Å². The van der Waals surface area contributed by atoms with Gasteiger partial charge in [-0.05, 0) is 19.1 Å². The second-order valence-electron chi connectivity index (χ2n) is 5.49. The van der Waals surface area contributed by atoms with Gasteiger partial charge < -0.3 is 19.3 Å². The van der Waals surface area contributed by atoms with E-state index in [0.717, 1.165) is 0 Å². The number of methoxy groups -OCH3 is 2. The van der Waals surface area contributed by atoms with Crippen molar-refractivity contribution in [2.75, 3.05) is 27.4 Å². The van der Waals surface area contributed by atoms with Crippen molar-refractivity contribution in [2.24, 2.45) is 0 Å². The highest BCUT2D eigenvalue weighted by Crippen LogP contribution is 2.42. The first-order valence-electron chi connectivity index (χ1n) is 7.91. The Hall–Kier alpha value is -2.85. The van der Waals surface area contributed by atoms with Crippen molar-refractivity contribution in [3.05, 3.63) is 28.0 Å². The van der Waals surface area contributed by atoms with E-state index in [1.54, 1.807) is 19.1 Å². The van der Waals surface area contributed by atoms with Gasteiger partial charge in [0.1, 0.15) is 17.1 Å². The topological polar surface area (TPSA) is 74.9 Å². The molecule has 25 heavy (non-hydrogen) atoms. The summed E-state index contributed by atoms with van der Waals surface area (Å²) < 4.78 is 19.3. The average molecular weight is 344 g/mol. The van der Waals surface area contributed by atoms with Crippen LogP contribution in [0.1, 0.15) is 12.5 Å². The van der Waals surface area contributed by atoms with Crippen molar-refractivity contribution >= 4 is 0 Å². The summed E-state index contributed by atoms with van der Waals surface area (Å²) >= 11 is 0. The molecule has 2 heterocycles. The smallest absolute Gasteiger partial charge is 0.278 e. The predicted octanol–water partition coefficient (Wildman–Crippen LogP) is 1.44. The third kappa shape index (κ3) is 2.85. The Morgan fingerprint density at radius 2 is 1.68 bits per heavy atom. The lowest BCUT2D eigenvalue weighted by atomic mass is 10.0. The average Bonchev–Trinajstić information content (AvgIpc) is 2.79. The van der Waals surface area contributed by atoms with Crippen LogP contribution in [-0.2, 0) is 17.8 Å². The SMILES string of the molecule is CC#Cc1cc(OC)c(-c2c(O)n3n(c2=O)CCOCC3)c(OC)c1. The monoisotopic (exact) mass is 344 g/mol. The molecule has 0 spiro atoms. The van der Waals surface area contributed by atoms with Gasteiger partial charge >= 0.3 is 0 Å². The summed E-state index contributed by atoms with van der Waals surface area (Å²) in [4.78, 5) is 12.9. The molecule has 1 aliphatic heterocycles. The minimum absolute atomic E-state index is 0.124. The summed E-state index contributed by atoms with van der Waals surface area (Å²) in [7, 11) is 3.01. The highest BCUT2D eigenvalue weighted by atomic mass is 16.5. The lowest BCUT2D eigenvalue weighted by molar-refractivity contribution is 0.137. The molecule has 3 rings (SSSR count). The Balaban J connectivity index is 2.29. The number of fused-ring (bicyclic) bond motifs is 1. The maximum absolute atomic E-state index is 12.9. The maximum atomic E-state index is 12.9. The largest absolute Gasteiger partial charge is 0.496 e. The third-order valence-corrected chi connectivity index (χ3v) is 4.13. The van der Waals surface area contributed by atoms with Crippen molar-refractivity contribution < 1.29 is 19.3 Å². The molecule has 1 N–H and O–H groups in total. The molecule has 1 aromatic carbocycles. The first-order valence-corrected chi connectivity index (χ1v) is 7.91. The van der Waals surface area contributed by atoms with Crippen LogP contribution in [-0.4, -0.2) is 41.9 Å². The third-order valence-electron chi connectivity index (χ3n) is 4.13. The lowest BCUT2D eigenvalue weighted by Crippen LogP contribution is -2.23. The Morgan fingerprint density at radius 3 is 2.24 bits per heavy atom. The normalized spacial score (nSPS) is 13.4. The molecule has 0 fully saturated rings. The van der Waals surface area contributed by atoms with Gasteiger partial charge in [0.05, 0.1) is 46.1 Å². The van der Waals surface area contributed by atoms with E-state index < -0.39 is 0 Å². The van der Waals surface area contributed by atoms with Gasteiger partial charge in [-0.25, -0.2) is 9.36 Å². The second kappa shape index (κ2) is 6.95. The number of hydrogen-bond acceptors (Lipinski definition) is 5. The fraction of sp³-hybridized carbons (Fsp3) is 0.389. The summed E-state index contributed by atoms with van der Waals surface area (Å²) in [5.74, 6) is 6.48. The molecule has 2 aromatic rings. The van der Waals surface area contributed by atoms with Crippen molar-refractivity contribution in [3.63, 3.8) is 0 Å². The summed E-state index contributed by atoms with van der Waals surface area (Å²) in [6.45, 7) is 3.35. The molecule has 0 amide bonds. The van der Waals surface area contributed by atoms with Gasteiger partial charge in [-0.15, -0.1) is 5.92 Å². The van der Waals surface area contributed by atoms with E-state index >= 15 is 0 Å². The number of hydrogen-bond donors (Lipinski definition) is 1. The van der Waals surface area contributed by atoms with E-state index in [9.17, 15) is 9.90 Å². The maximum Gasteiger partial charge on any atom is 0.278 e. The molecule has 1 aliphatic rings. The number of rotatable bonds is 3. The highest BCUT2D eigenvalue weighted by Gasteiger charge is 2.27. The molecule has 1 aromatic heterocycles. The molecule has 0 saturated heterocycles. The predicted molar refractivity (Wildman–Crippen MR) is 92.3 cm³/mol. The van der Waals surface area contributed by atoms with Gasteiger partial charge in [-0.1, -0.05) is 5.92 Å². The molecule has 7 nitrogen and oxygen atoms in total. The molecule has 0 aliphatic carbocycles. The Morgan fingerprint density at radius 1 is 1.08 bits per heavy atom. The van der Waals surface area contributed by atoms with E-state index in [0.29, 0.717) is 48.9 Å². The van der Waals surface area contributed by atoms with Crippen molar-refractivity contribution in [1.29, 1.82) is 0 Å². The number of benzene rings is 1. The summed E-state index contributed by atoms with van der Waals surface area (Å²) in [6, 6.07) is 3.45. The first-order chi connectivity index (χ1) is 12.1. The van der Waals surface area contributed by atoms with Crippen LogP contribution >= 0.6 is 0 Å². The number of ether oxygens (including phenoxy) is 3. The zero-order chi connectivity index (χ0) is 18.0. The minimum Gasteiger partial charge on any atom is -0.496 e. The van der Waals surface area contributed by atoms with Crippen LogP contribution in [0.5, 0.6) is 17.4 Å². The Labute approximate surface area is 145 Å². The van der Waals surface area contributed by atoms with Crippen molar-refractivity contribution in [2.45, 2.75) is 20.0 Å². The molecular weight excluding hydrogens is 324 g/mol. The van der Waals surface area contributed by atoms with Crippen LogP contribution in [0.25, 0.3) is 11.1 Å². The summed E-state index contributed by atoms with van der Waals surface area (Å²) in [5, 5.41) is 10.7. The second-order valence-corrected chi connectivity index (χ2v) is 5.49. The molecule has 0 saturated carbocycles. The van der Waals surface area contributed by atoms with Crippen LogP contribution in [0.4, 0.5) is 0 Å². The van der Waals surface area contributed by atoms with Crippen molar-refractivity contribution in [1.82, 2.24) is 9.36 Å². The summed E-state index contributed by atoms with van der Waals surface area (Å²) in [6.07, 6.45) is 0. The van der Waals surface area contributed by atoms with E-state index in [4.69, 9.17) is 14.2 Å². The van der Waals surface area contributed by atoms with Crippen molar-refractivity contribution in [3.8, 4) is 40.3 Å². The summed E-state index contributed by atoms with van der Waals surface area (Å²) in [5.41, 5.74) is 0.970. The van der Waals surface area contributed by atoms with Gasteiger partial charge in [0.15, 0.2) is 0 Å². The van der Waals surface area contributed by atoms with Crippen LogP contribution < -0.4 is 15.0 Å². The fourth-order valence-electron chi connectivity index (χ4n) is 3.02.